The fourth-order valence-electron chi connectivity index (χ4n) is 1.26. The van der Waals surface area contributed by atoms with Crippen molar-refractivity contribution in [2.75, 3.05) is 6.61 Å². The van der Waals surface area contributed by atoms with Crippen molar-refractivity contribution in [3.8, 4) is 6.07 Å². The third kappa shape index (κ3) is 3.62. The van der Waals surface area contributed by atoms with Crippen molar-refractivity contribution in [3.05, 3.63) is 54.1 Å². The Bertz CT molecular complexity index is 481. The summed E-state index contributed by atoms with van der Waals surface area (Å²) in [6.45, 7) is 5.76. The van der Waals surface area contributed by atoms with Crippen LogP contribution in [0, 0.1) is 11.3 Å². The maximum absolute atomic E-state index is 11.4. The lowest BCUT2D eigenvalue weighted by molar-refractivity contribution is -0.138. The molecule has 86 valence electrons. The van der Waals surface area contributed by atoms with Crippen LogP contribution in [0.25, 0.3) is 5.57 Å². The number of allylic oxidation sites excluding steroid dienone is 2. The molecule has 0 aliphatic rings. The van der Waals surface area contributed by atoms with Crippen LogP contribution in [0.1, 0.15) is 12.5 Å². The van der Waals surface area contributed by atoms with E-state index in [-0.39, 0.29) is 12.2 Å². The Labute approximate surface area is 101 Å². The molecule has 0 radical (unpaired) electrons. The molecular weight excluding hydrogens is 214 g/mol. The number of carbonyl (C=O) groups is 1. The summed E-state index contributed by atoms with van der Waals surface area (Å²) in [6.07, 6.45) is 1.44. The van der Waals surface area contributed by atoms with Gasteiger partial charge in [-0.2, -0.15) is 5.26 Å². The summed E-state index contributed by atoms with van der Waals surface area (Å²) in [5.41, 5.74) is 1.43. The molecule has 3 heteroatoms. The first kappa shape index (κ1) is 12.7. The highest BCUT2D eigenvalue weighted by molar-refractivity contribution is 5.96. The van der Waals surface area contributed by atoms with Crippen LogP contribution in [0.3, 0.4) is 0 Å². The van der Waals surface area contributed by atoms with Gasteiger partial charge in [-0.1, -0.05) is 36.9 Å². The smallest absolute Gasteiger partial charge is 0.348 e. The van der Waals surface area contributed by atoms with E-state index in [0.717, 1.165) is 5.56 Å². The third-order valence-electron chi connectivity index (χ3n) is 2.08. The number of esters is 1. The molecular formula is C14H13NO2. The van der Waals surface area contributed by atoms with Gasteiger partial charge in [0.1, 0.15) is 11.6 Å². The Balaban J connectivity index is 2.91. The van der Waals surface area contributed by atoms with Crippen LogP contribution in [0.5, 0.6) is 0 Å². The van der Waals surface area contributed by atoms with Crippen molar-refractivity contribution in [3.63, 3.8) is 0 Å². The number of hydrogen-bond donors (Lipinski definition) is 0. The molecule has 0 bridgehead atoms. The maximum atomic E-state index is 11.4. The average molecular weight is 227 g/mol. The van der Waals surface area contributed by atoms with Crippen LogP contribution in [-0.2, 0) is 9.53 Å². The Morgan fingerprint density at radius 3 is 2.65 bits per heavy atom. The average Bonchev–Trinajstić information content (AvgIpc) is 2.37. The topological polar surface area (TPSA) is 50.1 Å². The van der Waals surface area contributed by atoms with Gasteiger partial charge in [0.25, 0.3) is 0 Å². The Kier molecular flexibility index (Phi) is 4.71. The summed E-state index contributed by atoms with van der Waals surface area (Å²) in [5.74, 6) is -0.618. The molecule has 0 heterocycles. The predicted octanol–water partition coefficient (Wildman–Crippen LogP) is 2.71. The van der Waals surface area contributed by atoms with E-state index < -0.39 is 5.97 Å². The van der Waals surface area contributed by atoms with E-state index in [4.69, 9.17) is 10.00 Å². The minimum Gasteiger partial charge on any atom is -0.462 e. The van der Waals surface area contributed by atoms with Crippen molar-refractivity contribution < 1.29 is 9.53 Å². The number of ether oxygens (including phenoxy) is 1. The maximum Gasteiger partial charge on any atom is 0.348 e. The highest BCUT2D eigenvalue weighted by Crippen LogP contribution is 2.15. The van der Waals surface area contributed by atoms with Gasteiger partial charge in [-0.25, -0.2) is 4.79 Å². The minimum absolute atomic E-state index is 0.0410. The third-order valence-corrected chi connectivity index (χ3v) is 2.08. The number of carbonyl (C=O) groups excluding carboxylic acids is 1. The lowest BCUT2D eigenvalue weighted by atomic mass is 10.1. The van der Waals surface area contributed by atoms with E-state index >= 15 is 0 Å². The quantitative estimate of drug-likeness (QED) is 0.344. The molecule has 0 atom stereocenters. The highest BCUT2D eigenvalue weighted by atomic mass is 16.5. The summed E-state index contributed by atoms with van der Waals surface area (Å²) in [6, 6.07) is 11.2. The van der Waals surface area contributed by atoms with Crippen LogP contribution in [0.2, 0.25) is 0 Å². The lowest BCUT2D eigenvalue weighted by Crippen LogP contribution is -2.06. The molecule has 17 heavy (non-hydrogen) atoms. The fourth-order valence-corrected chi connectivity index (χ4v) is 1.26. The van der Waals surface area contributed by atoms with Gasteiger partial charge in [-0.15, -0.1) is 0 Å². The van der Waals surface area contributed by atoms with Gasteiger partial charge in [-0.05, 0) is 24.1 Å². The van der Waals surface area contributed by atoms with Crippen LogP contribution < -0.4 is 0 Å². The molecule has 0 saturated heterocycles. The largest absolute Gasteiger partial charge is 0.462 e. The molecule has 1 aromatic rings. The van der Waals surface area contributed by atoms with Crippen molar-refractivity contribution >= 4 is 11.5 Å². The van der Waals surface area contributed by atoms with E-state index in [2.05, 4.69) is 6.58 Å². The van der Waals surface area contributed by atoms with Crippen molar-refractivity contribution in [1.82, 2.24) is 0 Å². The molecule has 0 N–H and O–H groups in total. The molecule has 1 rings (SSSR count). The zero-order valence-electron chi connectivity index (χ0n) is 9.64. The number of benzene rings is 1. The van der Waals surface area contributed by atoms with E-state index in [1.165, 1.54) is 6.08 Å². The second-order valence-electron chi connectivity index (χ2n) is 3.28. The van der Waals surface area contributed by atoms with Gasteiger partial charge in [0.15, 0.2) is 0 Å². The molecule has 0 saturated carbocycles. The molecule has 0 aliphatic heterocycles. The van der Waals surface area contributed by atoms with Crippen molar-refractivity contribution in [1.29, 1.82) is 5.26 Å². The number of nitriles is 1. The molecule has 0 unspecified atom stereocenters. The van der Waals surface area contributed by atoms with Gasteiger partial charge in [0, 0.05) is 0 Å². The molecule has 3 nitrogen and oxygen atoms in total. The highest BCUT2D eigenvalue weighted by Gasteiger charge is 2.10. The molecule has 0 aromatic heterocycles. The molecule has 0 spiro atoms. The van der Waals surface area contributed by atoms with Crippen LogP contribution in [-0.4, -0.2) is 12.6 Å². The molecule has 0 aliphatic carbocycles. The van der Waals surface area contributed by atoms with E-state index in [1.807, 2.05) is 36.4 Å². The molecule has 1 aromatic carbocycles. The summed E-state index contributed by atoms with van der Waals surface area (Å²) in [7, 11) is 0. The Morgan fingerprint density at radius 1 is 1.47 bits per heavy atom. The van der Waals surface area contributed by atoms with Gasteiger partial charge >= 0.3 is 5.97 Å². The zero-order chi connectivity index (χ0) is 12.7. The first-order valence-electron chi connectivity index (χ1n) is 5.22. The predicted molar refractivity (Wildman–Crippen MR) is 65.8 cm³/mol. The van der Waals surface area contributed by atoms with Gasteiger partial charge in [0.05, 0.1) is 6.61 Å². The number of nitrogens with zero attached hydrogens (tertiary/aromatic N) is 1. The second-order valence-corrected chi connectivity index (χ2v) is 3.28. The monoisotopic (exact) mass is 227 g/mol. The fraction of sp³-hybridized carbons (Fsp3) is 0.143. The first-order chi connectivity index (χ1) is 8.19. The van der Waals surface area contributed by atoms with Crippen molar-refractivity contribution in [2.45, 2.75) is 6.92 Å². The van der Waals surface area contributed by atoms with Crippen LogP contribution in [0.15, 0.2) is 48.6 Å². The van der Waals surface area contributed by atoms with Gasteiger partial charge < -0.3 is 4.74 Å². The summed E-state index contributed by atoms with van der Waals surface area (Å²) in [5, 5.41) is 8.86. The standard InChI is InChI=1S/C14H13NO2/c1-3-17-14(16)13(10-15)9-11(2)12-7-5-4-6-8-12/h4-9H,2-3H2,1H3/b13-9+. The summed E-state index contributed by atoms with van der Waals surface area (Å²) in [4.78, 5) is 11.4. The lowest BCUT2D eigenvalue weighted by Gasteiger charge is -2.02. The van der Waals surface area contributed by atoms with Gasteiger partial charge in [-0.3, -0.25) is 0 Å². The van der Waals surface area contributed by atoms with Gasteiger partial charge in [0.2, 0.25) is 0 Å². The summed E-state index contributed by atoms with van der Waals surface area (Å²) >= 11 is 0. The van der Waals surface area contributed by atoms with E-state index in [0.29, 0.717) is 5.57 Å². The zero-order valence-corrected chi connectivity index (χ0v) is 9.64. The molecule has 0 amide bonds. The Hall–Kier alpha value is -2.34. The first-order valence-corrected chi connectivity index (χ1v) is 5.22. The molecule has 0 fully saturated rings. The van der Waals surface area contributed by atoms with E-state index in [1.54, 1.807) is 6.92 Å². The van der Waals surface area contributed by atoms with Crippen LogP contribution >= 0.6 is 0 Å². The minimum atomic E-state index is -0.618. The normalized spacial score (nSPS) is 10.5. The van der Waals surface area contributed by atoms with Crippen LogP contribution in [0.4, 0.5) is 0 Å². The SMILES string of the molecule is C=C(/C=C(\C#N)C(=O)OCC)c1ccccc1. The summed E-state index contributed by atoms with van der Waals surface area (Å²) < 4.78 is 4.76. The van der Waals surface area contributed by atoms with Crippen molar-refractivity contribution in [2.24, 2.45) is 0 Å². The number of hydrogen-bond acceptors (Lipinski definition) is 3. The van der Waals surface area contributed by atoms with E-state index in [9.17, 15) is 4.79 Å². The Morgan fingerprint density at radius 2 is 2.12 bits per heavy atom. The second kappa shape index (κ2) is 6.29. The number of rotatable bonds is 4.